The van der Waals surface area contributed by atoms with Gasteiger partial charge in [-0.2, -0.15) is 0 Å². The van der Waals surface area contributed by atoms with E-state index in [0.29, 0.717) is 10.0 Å². The van der Waals surface area contributed by atoms with Crippen molar-refractivity contribution < 1.29 is 0 Å². The third-order valence-corrected chi connectivity index (χ3v) is 4.03. The highest BCUT2D eigenvalue weighted by atomic mass is 35.5. The van der Waals surface area contributed by atoms with Gasteiger partial charge < -0.3 is 0 Å². The summed E-state index contributed by atoms with van der Waals surface area (Å²) in [5, 5.41) is 0.966. The van der Waals surface area contributed by atoms with Crippen LogP contribution in [0.3, 0.4) is 0 Å². The third-order valence-electron chi connectivity index (χ3n) is 2.85. The molecule has 0 N–H and O–H groups in total. The number of nitrogens with zero attached hydrogens (tertiary/aromatic N) is 1. The van der Waals surface area contributed by atoms with Crippen molar-refractivity contribution in [3.05, 3.63) is 63.9 Å². The van der Waals surface area contributed by atoms with Crippen molar-refractivity contribution >= 4 is 34.8 Å². The van der Waals surface area contributed by atoms with Crippen LogP contribution < -0.4 is 0 Å². The highest BCUT2D eigenvalue weighted by Crippen LogP contribution is 2.39. The Morgan fingerprint density at radius 3 is 2.50 bits per heavy atom. The monoisotopic (exact) mass is 299 g/mol. The largest absolute Gasteiger partial charge is 0.261 e. The molecule has 0 amide bonds. The van der Waals surface area contributed by atoms with Crippen LogP contribution in [0.4, 0.5) is 0 Å². The number of halogens is 3. The zero-order valence-electron chi connectivity index (χ0n) is 9.78. The predicted octanol–water partition coefficient (Wildman–Crippen LogP) is 5.47. The number of hydrogen-bond acceptors (Lipinski definition) is 1. The molecule has 0 saturated carbocycles. The Morgan fingerprint density at radius 2 is 1.89 bits per heavy atom. The van der Waals surface area contributed by atoms with Gasteiger partial charge in [0.05, 0.1) is 5.38 Å². The van der Waals surface area contributed by atoms with E-state index in [1.165, 1.54) is 0 Å². The maximum atomic E-state index is 6.48. The Morgan fingerprint density at radius 1 is 1.11 bits per heavy atom. The van der Waals surface area contributed by atoms with Crippen LogP contribution in [0.25, 0.3) is 0 Å². The lowest BCUT2D eigenvalue weighted by Gasteiger charge is -2.19. The Bertz CT molecular complexity index is 528. The van der Waals surface area contributed by atoms with Gasteiger partial charge >= 0.3 is 0 Å². The molecule has 1 aromatic heterocycles. The van der Waals surface area contributed by atoms with Gasteiger partial charge in [0, 0.05) is 27.9 Å². The van der Waals surface area contributed by atoms with E-state index in [1.54, 1.807) is 18.3 Å². The summed E-state index contributed by atoms with van der Waals surface area (Å²) in [5.74, 6) is 0.0755. The molecule has 0 fully saturated rings. The van der Waals surface area contributed by atoms with Crippen molar-refractivity contribution in [3.8, 4) is 0 Å². The summed E-state index contributed by atoms with van der Waals surface area (Å²) in [6.45, 7) is 2.03. The van der Waals surface area contributed by atoms with Gasteiger partial charge in [-0.15, -0.1) is 11.6 Å². The summed E-state index contributed by atoms with van der Waals surface area (Å²) < 4.78 is 0. The van der Waals surface area contributed by atoms with Crippen molar-refractivity contribution in [2.45, 2.75) is 18.2 Å². The van der Waals surface area contributed by atoms with Crippen LogP contribution in [0.1, 0.15) is 29.5 Å². The maximum Gasteiger partial charge on any atom is 0.0680 e. The van der Waals surface area contributed by atoms with E-state index in [9.17, 15) is 0 Å². The van der Waals surface area contributed by atoms with Gasteiger partial charge in [0.15, 0.2) is 0 Å². The minimum atomic E-state index is -0.232. The Hall–Kier alpha value is -0.760. The number of benzene rings is 1. The van der Waals surface area contributed by atoms with Crippen molar-refractivity contribution in [2.24, 2.45) is 0 Å². The number of hydrogen-bond donors (Lipinski definition) is 0. The van der Waals surface area contributed by atoms with E-state index in [-0.39, 0.29) is 11.3 Å². The normalized spacial score (nSPS) is 14.2. The summed E-state index contributed by atoms with van der Waals surface area (Å²) in [6.07, 6.45) is 1.76. The standard InChI is InChI=1S/C14H12Cl3N/c1-9(13-4-2-3-7-18-13)14(17)11-6-5-10(15)8-12(11)16/h2-9,14H,1H3. The lowest BCUT2D eigenvalue weighted by molar-refractivity contribution is 0.706. The van der Waals surface area contributed by atoms with Gasteiger partial charge in [-0.25, -0.2) is 0 Å². The molecule has 4 heteroatoms. The molecule has 1 heterocycles. The first-order chi connectivity index (χ1) is 8.59. The molecule has 18 heavy (non-hydrogen) atoms. The van der Waals surface area contributed by atoms with E-state index in [2.05, 4.69) is 4.98 Å². The Kier molecular flexibility index (Phi) is 4.50. The maximum absolute atomic E-state index is 6.48. The van der Waals surface area contributed by atoms with Gasteiger partial charge in [0.1, 0.15) is 0 Å². The molecular formula is C14H12Cl3N. The second-order valence-corrected chi connectivity index (χ2v) is 5.42. The number of pyridine rings is 1. The highest BCUT2D eigenvalue weighted by molar-refractivity contribution is 6.35. The minimum absolute atomic E-state index is 0.0755. The second-order valence-electron chi connectivity index (χ2n) is 4.11. The molecule has 0 saturated heterocycles. The molecule has 0 spiro atoms. The van der Waals surface area contributed by atoms with Crippen LogP contribution in [-0.4, -0.2) is 4.98 Å². The van der Waals surface area contributed by atoms with Crippen LogP contribution >= 0.6 is 34.8 Å². The zero-order valence-corrected chi connectivity index (χ0v) is 12.0. The van der Waals surface area contributed by atoms with Crippen LogP contribution in [0.2, 0.25) is 10.0 Å². The fraction of sp³-hybridized carbons (Fsp3) is 0.214. The molecule has 2 rings (SSSR count). The average molecular weight is 301 g/mol. The minimum Gasteiger partial charge on any atom is -0.261 e. The summed E-state index contributed by atoms with van der Waals surface area (Å²) in [6, 6.07) is 11.2. The highest BCUT2D eigenvalue weighted by Gasteiger charge is 2.21. The third kappa shape index (κ3) is 2.97. The quantitative estimate of drug-likeness (QED) is 0.685. The lowest BCUT2D eigenvalue weighted by Crippen LogP contribution is -2.05. The fourth-order valence-electron chi connectivity index (χ4n) is 1.79. The molecule has 1 nitrogen and oxygen atoms in total. The summed E-state index contributed by atoms with van der Waals surface area (Å²) >= 11 is 18.5. The van der Waals surface area contributed by atoms with Crippen molar-refractivity contribution in [3.63, 3.8) is 0 Å². The zero-order chi connectivity index (χ0) is 13.1. The smallest absolute Gasteiger partial charge is 0.0680 e. The first-order valence-corrected chi connectivity index (χ1v) is 6.79. The first-order valence-electron chi connectivity index (χ1n) is 5.59. The molecule has 0 radical (unpaired) electrons. The molecule has 94 valence electrons. The predicted molar refractivity (Wildman–Crippen MR) is 77.7 cm³/mol. The Labute approximate surface area is 122 Å². The Balaban J connectivity index is 2.28. The topological polar surface area (TPSA) is 12.9 Å². The van der Waals surface area contributed by atoms with Crippen LogP contribution in [0.15, 0.2) is 42.6 Å². The van der Waals surface area contributed by atoms with Crippen LogP contribution in [0, 0.1) is 0 Å². The van der Waals surface area contributed by atoms with Crippen LogP contribution in [0.5, 0.6) is 0 Å². The lowest BCUT2D eigenvalue weighted by atomic mass is 9.97. The molecular weight excluding hydrogens is 289 g/mol. The van der Waals surface area contributed by atoms with Gasteiger partial charge in [0.25, 0.3) is 0 Å². The molecule has 0 aliphatic heterocycles. The van der Waals surface area contributed by atoms with Gasteiger partial charge in [-0.05, 0) is 29.8 Å². The van der Waals surface area contributed by atoms with Gasteiger partial charge in [0.2, 0.25) is 0 Å². The summed E-state index contributed by atoms with van der Waals surface area (Å²) in [7, 11) is 0. The SMILES string of the molecule is CC(c1ccccn1)C(Cl)c1ccc(Cl)cc1Cl. The number of rotatable bonds is 3. The first kappa shape index (κ1) is 13.7. The molecule has 2 unspecified atom stereocenters. The molecule has 0 aliphatic carbocycles. The van der Waals surface area contributed by atoms with E-state index >= 15 is 0 Å². The second kappa shape index (κ2) is 5.92. The van der Waals surface area contributed by atoms with E-state index < -0.39 is 0 Å². The molecule has 2 atom stereocenters. The molecule has 1 aromatic carbocycles. The van der Waals surface area contributed by atoms with Gasteiger partial charge in [-0.1, -0.05) is 42.3 Å². The van der Waals surface area contributed by atoms with Crippen molar-refractivity contribution in [1.29, 1.82) is 0 Å². The fourth-order valence-corrected chi connectivity index (χ4v) is 2.69. The van der Waals surface area contributed by atoms with E-state index in [1.807, 2.05) is 31.2 Å². The average Bonchev–Trinajstić information content (AvgIpc) is 2.38. The van der Waals surface area contributed by atoms with E-state index in [4.69, 9.17) is 34.8 Å². The summed E-state index contributed by atoms with van der Waals surface area (Å²) in [5.41, 5.74) is 1.82. The van der Waals surface area contributed by atoms with Crippen molar-refractivity contribution in [2.75, 3.05) is 0 Å². The van der Waals surface area contributed by atoms with Crippen molar-refractivity contribution in [1.82, 2.24) is 4.98 Å². The van der Waals surface area contributed by atoms with E-state index in [0.717, 1.165) is 11.3 Å². The summed E-state index contributed by atoms with van der Waals surface area (Å²) in [4.78, 5) is 4.32. The molecule has 0 bridgehead atoms. The van der Waals surface area contributed by atoms with Gasteiger partial charge in [-0.3, -0.25) is 4.98 Å². The number of alkyl halides is 1. The molecule has 2 aromatic rings. The number of aromatic nitrogens is 1. The molecule has 0 aliphatic rings. The van der Waals surface area contributed by atoms with Crippen LogP contribution in [-0.2, 0) is 0 Å².